The SMILES string of the molecule is CCc1ccc(CC)c(NC(=O)N(C)[C@H](C)CO)c1. The summed E-state index contributed by atoms with van der Waals surface area (Å²) in [4.78, 5) is 13.6. The van der Waals surface area contributed by atoms with E-state index in [1.807, 2.05) is 13.0 Å². The van der Waals surface area contributed by atoms with Crippen molar-refractivity contribution in [2.24, 2.45) is 0 Å². The molecule has 0 fully saturated rings. The van der Waals surface area contributed by atoms with Gasteiger partial charge in [-0.1, -0.05) is 26.0 Å². The fraction of sp³-hybridized carbons (Fsp3) is 0.533. The molecule has 0 saturated heterocycles. The van der Waals surface area contributed by atoms with Crippen molar-refractivity contribution in [2.45, 2.75) is 39.7 Å². The van der Waals surface area contributed by atoms with Crippen molar-refractivity contribution in [2.75, 3.05) is 19.0 Å². The lowest BCUT2D eigenvalue weighted by Gasteiger charge is -2.24. The Bertz CT molecular complexity index is 432. The van der Waals surface area contributed by atoms with Crippen LogP contribution in [-0.2, 0) is 12.8 Å². The average Bonchev–Trinajstić information content (AvgIpc) is 2.45. The first-order chi connectivity index (χ1) is 9.03. The Morgan fingerprint density at radius 2 is 2.05 bits per heavy atom. The number of nitrogens with one attached hydrogen (secondary N) is 1. The molecule has 0 aliphatic heterocycles. The van der Waals surface area contributed by atoms with Gasteiger partial charge in [-0.2, -0.15) is 0 Å². The first-order valence-corrected chi connectivity index (χ1v) is 6.79. The molecule has 0 aromatic heterocycles. The van der Waals surface area contributed by atoms with Crippen molar-refractivity contribution in [3.05, 3.63) is 29.3 Å². The van der Waals surface area contributed by atoms with Crippen molar-refractivity contribution in [1.29, 1.82) is 0 Å². The minimum atomic E-state index is -0.195. The van der Waals surface area contributed by atoms with Crippen molar-refractivity contribution in [3.8, 4) is 0 Å². The van der Waals surface area contributed by atoms with E-state index >= 15 is 0 Å². The Morgan fingerprint density at radius 3 is 2.58 bits per heavy atom. The smallest absolute Gasteiger partial charge is 0.321 e. The molecule has 2 amide bonds. The molecule has 1 rings (SSSR count). The number of amides is 2. The summed E-state index contributed by atoms with van der Waals surface area (Å²) in [7, 11) is 1.69. The highest BCUT2D eigenvalue weighted by molar-refractivity contribution is 5.90. The van der Waals surface area contributed by atoms with E-state index in [0.29, 0.717) is 0 Å². The second-order valence-electron chi connectivity index (χ2n) is 4.77. The summed E-state index contributed by atoms with van der Waals surface area (Å²) in [6.45, 7) is 5.92. The summed E-state index contributed by atoms with van der Waals surface area (Å²) in [5.41, 5.74) is 3.19. The van der Waals surface area contributed by atoms with Gasteiger partial charge in [-0.25, -0.2) is 4.79 Å². The van der Waals surface area contributed by atoms with Gasteiger partial charge in [0, 0.05) is 12.7 Å². The molecule has 0 heterocycles. The van der Waals surface area contributed by atoms with Crippen LogP contribution >= 0.6 is 0 Å². The molecule has 0 aliphatic carbocycles. The zero-order valence-electron chi connectivity index (χ0n) is 12.2. The number of aliphatic hydroxyl groups excluding tert-OH is 1. The predicted molar refractivity (Wildman–Crippen MR) is 78.5 cm³/mol. The van der Waals surface area contributed by atoms with Crippen LogP contribution in [-0.4, -0.2) is 35.7 Å². The molecular weight excluding hydrogens is 240 g/mol. The van der Waals surface area contributed by atoms with E-state index in [4.69, 9.17) is 5.11 Å². The van der Waals surface area contributed by atoms with Gasteiger partial charge in [0.05, 0.1) is 12.6 Å². The second kappa shape index (κ2) is 7.14. The number of carbonyl (C=O) groups is 1. The van der Waals surface area contributed by atoms with Gasteiger partial charge in [-0.05, 0) is 37.0 Å². The number of anilines is 1. The van der Waals surface area contributed by atoms with Gasteiger partial charge >= 0.3 is 6.03 Å². The van der Waals surface area contributed by atoms with E-state index in [0.717, 1.165) is 24.1 Å². The van der Waals surface area contributed by atoms with Crippen LogP contribution in [0.15, 0.2) is 18.2 Å². The lowest BCUT2D eigenvalue weighted by Crippen LogP contribution is -2.40. The largest absolute Gasteiger partial charge is 0.394 e. The predicted octanol–water partition coefficient (Wildman–Crippen LogP) is 2.66. The molecule has 4 nitrogen and oxygen atoms in total. The topological polar surface area (TPSA) is 52.6 Å². The number of rotatable bonds is 5. The molecule has 0 aliphatic rings. The summed E-state index contributed by atoms with van der Waals surface area (Å²) in [5, 5.41) is 12.0. The number of aliphatic hydroxyl groups is 1. The number of aryl methyl sites for hydroxylation is 2. The van der Waals surface area contributed by atoms with E-state index in [1.54, 1.807) is 7.05 Å². The standard InChI is InChI=1S/C15H24N2O2/c1-5-12-7-8-13(6-2)14(9-12)16-15(19)17(4)11(3)10-18/h7-9,11,18H,5-6,10H2,1-4H3,(H,16,19)/t11-/m1/s1. The van der Waals surface area contributed by atoms with Crippen LogP contribution in [0.1, 0.15) is 31.9 Å². The Balaban J connectivity index is 2.88. The van der Waals surface area contributed by atoms with Gasteiger partial charge in [-0.3, -0.25) is 0 Å². The Labute approximate surface area is 115 Å². The summed E-state index contributed by atoms with van der Waals surface area (Å²) in [6.07, 6.45) is 1.81. The fourth-order valence-electron chi connectivity index (χ4n) is 1.79. The third kappa shape index (κ3) is 3.96. The van der Waals surface area contributed by atoms with E-state index in [9.17, 15) is 4.79 Å². The number of hydrogen-bond donors (Lipinski definition) is 2. The molecule has 0 spiro atoms. The average molecular weight is 264 g/mol. The highest BCUT2D eigenvalue weighted by Crippen LogP contribution is 2.19. The van der Waals surface area contributed by atoms with Gasteiger partial charge in [0.2, 0.25) is 0 Å². The van der Waals surface area contributed by atoms with Gasteiger partial charge in [0.15, 0.2) is 0 Å². The van der Waals surface area contributed by atoms with E-state index in [2.05, 4.69) is 31.3 Å². The lowest BCUT2D eigenvalue weighted by atomic mass is 10.1. The third-order valence-electron chi connectivity index (χ3n) is 3.45. The molecule has 106 valence electrons. The molecule has 4 heteroatoms. The quantitative estimate of drug-likeness (QED) is 0.859. The second-order valence-corrected chi connectivity index (χ2v) is 4.77. The molecule has 2 N–H and O–H groups in total. The van der Waals surface area contributed by atoms with Gasteiger partial charge in [-0.15, -0.1) is 0 Å². The molecule has 19 heavy (non-hydrogen) atoms. The summed E-state index contributed by atoms with van der Waals surface area (Å²) < 4.78 is 0. The van der Waals surface area contributed by atoms with E-state index in [-0.39, 0.29) is 18.7 Å². The zero-order valence-corrected chi connectivity index (χ0v) is 12.2. The first kappa shape index (κ1) is 15.5. The molecule has 1 aromatic rings. The van der Waals surface area contributed by atoms with Crippen LogP contribution in [0, 0.1) is 0 Å². The van der Waals surface area contributed by atoms with Gasteiger partial charge in [0.1, 0.15) is 0 Å². The van der Waals surface area contributed by atoms with Crippen LogP contribution < -0.4 is 5.32 Å². The zero-order chi connectivity index (χ0) is 14.4. The molecule has 0 bridgehead atoms. The lowest BCUT2D eigenvalue weighted by molar-refractivity contribution is 0.166. The molecule has 0 radical (unpaired) electrons. The normalized spacial score (nSPS) is 12.1. The molecule has 0 saturated carbocycles. The van der Waals surface area contributed by atoms with E-state index < -0.39 is 0 Å². The number of benzene rings is 1. The van der Waals surface area contributed by atoms with E-state index in [1.165, 1.54) is 10.5 Å². The van der Waals surface area contributed by atoms with Crippen molar-refractivity contribution >= 4 is 11.7 Å². The maximum absolute atomic E-state index is 12.1. The van der Waals surface area contributed by atoms with Crippen molar-refractivity contribution < 1.29 is 9.90 Å². The number of urea groups is 1. The highest BCUT2D eigenvalue weighted by atomic mass is 16.3. The van der Waals surface area contributed by atoms with Crippen molar-refractivity contribution in [3.63, 3.8) is 0 Å². The Kier molecular flexibility index (Phi) is 5.83. The molecule has 1 atom stereocenters. The summed E-state index contributed by atoms with van der Waals surface area (Å²) >= 11 is 0. The van der Waals surface area contributed by atoms with Crippen molar-refractivity contribution in [1.82, 2.24) is 4.90 Å². The Morgan fingerprint density at radius 1 is 1.37 bits per heavy atom. The van der Waals surface area contributed by atoms with Crippen LogP contribution in [0.2, 0.25) is 0 Å². The number of hydrogen-bond acceptors (Lipinski definition) is 2. The fourth-order valence-corrected chi connectivity index (χ4v) is 1.79. The van der Waals surface area contributed by atoms with Crippen LogP contribution in [0.4, 0.5) is 10.5 Å². The number of nitrogens with zero attached hydrogens (tertiary/aromatic N) is 1. The summed E-state index contributed by atoms with van der Waals surface area (Å²) in [6, 6.07) is 5.79. The third-order valence-corrected chi connectivity index (χ3v) is 3.45. The summed E-state index contributed by atoms with van der Waals surface area (Å²) in [5.74, 6) is 0. The molecular formula is C15H24N2O2. The monoisotopic (exact) mass is 264 g/mol. The number of carbonyl (C=O) groups excluding carboxylic acids is 1. The van der Waals surface area contributed by atoms with Crippen LogP contribution in [0.3, 0.4) is 0 Å². The maximum Gasteiger partial charge on any atom is 0.321 e. The minimum absolute atomic E-state index is 0.0421. The Hall–Kier alpha value is -1.55. The van der Waals surface area contributed by atoms with Gasteiger partial charge < -0.3 is 15.3 Å². The minimum Gasteiger partial charge on any atom is -0.394 e. The molecule has 1 aromatic carbocycles. The first-order valence-electron chi connectivity index (χ1n) is 6.79. The van der Waals surface area contributed by atoms with Crippen LogP contribution in [0.5, 0.6) is 0 Å². The van der Waals surface area contributed by atoms with Crippen LogP contribution in [0.25, 0.3) is 0 Å². The molecule has 0 unspecified atom stereocenters. The number of likely N-dealkylation sites (N-methyl/N-ethyl adjacent to an activating group) is 1. The maximum atomic E-state index is 12.1. The van der Waals surface area contributed by atoms with Gasteiger partial charge in [0.25, 0.3) is 0 Å². The highest BCUT2D eigenvalue weighted by Gasteiger charge is 2.15.